The first-order valence-corrected chi connectivity index (χ1v) is 10.5. The summed E-state index contributed by atoms with van der Waals surface area (Å²) in [4.78, 5) is 20.7. The number of sulfone groups is 1. The van der Waals surface area contributed by atoms with Crippen LogP contribution >= 0.6 is 0 Å². The predicted molar refractivity (Wildman–Crippen MR) is 103 cm³/mol. The average molecular weight is 373 g/mol. The van der Waals surface area contributed by atoms with Gasteiger partial charge in [0, 0.05) is 25.3 Å². The standard InChI is InChI=1S/C19H23N3O3S/c1-3-22(17-11-12-26(24,25)14-17)19(23)18-10-9-16(13-20-18)21(2)15-7-5-4-6-8-15/h4-10,13,17H,3,11-12,14H2,1-2H3. The first-order valence-electron chi connectivity index (χ1n) is 8.67. The predicted octanol–water partition coefficient (Wildman–Crippen LogP) is 2.50. The van der Waals surface area contributed by atoms with Crippen LogP contribution in [0, 0.1) is 0 Å². The summed E-state index contributed by atoms with van der Waals surface area (Å²) in [6.45, 7) is 2.33. The number of hydrogen-bond donors (Lipinski definition) is 0. The lowest BCUT2D eigenvalue weighted by molar-refractivity contribution is 0.0702. The number of nitrogens with zero attached hydrogens (tertiary/aromatic N) is 3. The molecule has 1 aliphatic rings. The second-order valence-corrected chi connectivity index (χ2v) is 8.67. The number of anilines is 2. The molecular weight excluding hydrogens is 350 g/mol. The van der Waals surface area contributed by atoms with Crippen molar-refractivity contribution in [2.45, 2.75) is 19.4 Å². The molecule has 0 radical (unpaired) electrons. The number of hydrogen-bond acceptors (Lipinski definition) is 5. The molecule has 26 heavy (non-hydrogen) atoms. The number of aromatic nitrogens is 1. The van der Waals surface area contributed by atoms with Crippen LogP contribution in [0.15, 0.2) is 48.7 Å². The lowest BCUT2D eigenvalue weighted by Gasteiger charge is -2.26. The normalized spacial score (nSPS) is 18.5. The topological polar surface area (TPSA) is 70.6 Å². The molecular formula is C19H23N3O3S. The molecule has 0 spiro atoms. The fraction of sp³-hybridized carbons (Fsp3) is 0.368. The van der Waals surface area contributed by atoms with E-state index in [9.17, 15) is 13.2 Å². The summed E-state index contributed by atoms with van der Waals surface area (Å²) in [7, 11) is -1.10. The molecule has 2 aromatic rings. The Morgan fingerprint density at radius 2 is 1.88 bits per heavy atom. The summed E-state index contributed by atoms with van der Waals surface area (Å²) >= 11 is 0. The zero-order valence-corrected chi connectivity index (χ0v) is 15.8. The highest BCUT2D eigenvalue weighted by Crippen LogP contribution is 2.23. The fourth-order valence-electron chi connectivity index (χ4n) is 3.25. The molecule has 1 aromatic heterocycles. The third-order valence-corrected chi connectivity index (χ3v) is 6.50. The highest BCUT2D eigenvalue weighted by atomic mass is 32.2. The number of pyridine rings is 1. The number of carbonyl (C=O) groups excluding carboxylic acids is 1. The molecule has 6 nitrogen and oxygen atoms in total. The van der Waals surface area contributed by atoms with Crippen molar-refractivity contribution in [2.24, 2.45) is 0 Å². The summed E-state index contributed by atoms with van der Waals surface area (Å²) in [5.74, 6) is -0.0274. The fourth-order valence-corrected chi connectivity index (χ4v) is 4.98. The smallest absolute Gasteiger partial charge is 0.272 e. The van der Waals surface area contributed by atoms with Crippen LogP contribution in [0.1, 0.15) is 23.8 Å². The summed E-state index contributed by atoms with van der Waals surface area (Å²) in [6, 6.07) is 13.2. The minimum atomic E-state index is -3.04. The van der Waals surface area contributed by atoms with E-state index in [-0.39, 0.29) is 23.5 Å². The number of carbonyl (C=O) groups is 1. The quantitative estimate of drug-likeness (QED) is 0.805. The summed E-state index contributed by atoms with van der Waals surface area (Å²) in [5.41, 5.74) is 2.24. The van der Waals surface area contributed by atoms with E-state index in [2.05, 4.69) is 4.98 Å². The lowest BCUT2D eigenvalue weighted by atomic mass is 10.2. The van der Waals surface area contributed by atoms with E-state index >= 15 is 0 Å². The zero-order valence-electron chi connectivity index (χ0n) is 15.0. The zero-order chi connectivity index (χ0) is 18.7. The van der Waals surface area contributed by atoms with Gasteiger partial charge >= 0.3 is 0 Å². The molecule has 1 aromatic carbocycles. The Labute approximate surface area is 154 Å². The first-order chi connectivity index (χ1) is 12.4. The van der Waals surface area contributed by atoms with Gasteiger partial charge < -0.3 is 9.80 Å². The van der Waals surface area contributed by atoms with Gasteiger partial charge in [0.25, 0.3) is 5.91 Å². The van der Waals surface area contributed by atoms with Gasteiger partial charge in [0.05, 0.1) is 23.4 Å². The van der Waals surface area contributed by atoms with Gasteiger partial charge in [0.2, 0.25) is 0 Å². The van der Waals surface area contributed by atoms with Crippen molar-refractivity contribution in [3.8, 4) is 0 Å². The molecule has 1 aliphatic heterocycles. The molecule has 1 amide bonds. The molecule has 1 atom stereocenters. The van der Waals surface area contributed by atoms with Crippen LogP contribution in [0.25, 0.3) is 0 Å². The van der Waals surface area contributed by atoms with E-state index in [0.29, 0.717) is 18.7 Å². The molecule has 1 saturated heterocycles. The van der Waals surface area contributed by atoms with Gasteiger partial charge in [0.1, 0.15) is 5.69 Å². The SMILES string of the molecule is CCN(C(=O)c1ccc(N(C)c2ccccc2)cn1)C1CCS(=O)(=O)C1. The number of rotatable bonds is 5. The molecule has 0 aliphatic carbocycles. The Hall–Kier alpha value is -2.41. The van der Waals surface area contributed by atoms with E-state index in [1.807, 2.05) is 55.3 Å². The van der Waals surface area contributed by atoms with Gasteiger partial charge in [-0.15, -0.1) is 0 Å². The molecule has 1 fully saturated rings. The van der Waals surface area contributed by atoms with Gasteiger partial charge in [-0.1, -0.05) is 18.2 Å². The summed E-state index contributed by atoms with van der Waals surface area (Å²) < 4.78 is 23.4. The van der Waals surface area contributed by atoms with Gasteiger partial charge in [-0.25, -0.2) is 13.4 Å². The third-order valence-electron chi connectivity index (χ3n) is 4.75. The van der Waals surface area contributed by atoms with Crippen LogP contribution in [-0.4, -0.2) is 55.3 Å². The first kappa shape index (κ1) is 18.4. The van der Waals surface area contributed by atoms with Crippen molar-refractivity contribution in [1.82, 2.24) is 9.88 Å². The average Bonchev–Trinajstić information content (AvgIpc) is 3.02. The third kappa shape index (κ3) is 3.88. The lowest BCUT2D eigenvalue weighted by Crippen LogP contribution is -2.41. The van der Waals surface area contributed by atoms with Crippen molar-refractivity contribution in [2.75, 3.05) is 30.0 Å². The van der Waals surface area contributed by atoms with E-state index in [1.165, 1.54) is 0 Å². The van der Waals surface area contributed by atoms with E-state index in [1.54, 1.807) is 17.2 Å². The minimum absolute atomic E-state index is 0.0431. The molecule has 1 unspecified atom stereocenters. The van der Waals surface area contributed by atoms with Gasteiger partial charge in [0.15, 0.2) is 9.84 Å². The maximum atomic E-state index is 12.8. The molecule has 3 rings (SSSR count). The second kappa shape index (κ2) is 7.45. The number of para-hydroxylation sites is 1. The van der Waals surface area contributed by atoms with Crippen LogP contribution in [0.2, 0.25) is 0 Å². The van der Waals surface area contributed by atoms with E-state index in [4.69, 9.17) is 0 Å². The molecule has 0 saturated carbocycles. The second-order valence-electron chi connectivity index (χ2n) is 6.44. The Morgan fingerprint density at radius 1 is 1.15 bits per heavy atom. The molecule has 0 N–H and O–H groups in total. The number of amides is 1. The van der Waals surface area contributed by atoms with Crippen molar-refractivity contribution in [3.05, 3.63) is 54.4 Å². The maximum Gasteiger partial charge on any atom is 0.272 e. The monoisotopic (exact) mass is 373 g/mol. The Kier molecular flexibility index (Phi) is 5.27. The largest absolute Gasteiger partial charge is 0.343 e. The van der Waals surface area contributed by atoms with E-state index in [0.717, 1.165) is 11.4 Å². The van der Waals surface area contributed by atoms with Gasteiger partial charge in [-0.2, -0.15) is 0 Å². The van der Waals surface area contributed by atoms with Crippen LogP contribution < -0.4 is 4.90 Å². The summed E-state index contributed by atoms with van der Waals surface area (Å²) in [5, 5.41) is 0. The Bertz CT molecular complexity index is 867. The van der Waals surface area contributed by atoms with Crippen molar-refractivity contribution >= 4 is 27.1 Å². The summed E-state index contributed by atoms with van der Waals surface area (Å²) in [6.07, 6.45) is 2.16. The Balaban J connectivity index is 1.76. The van der Waals surface area contributed by atoms with Crippen molar-refractivity contribution < 1.29 is 13.2 Å². The van der Waals surface area contributed by atoms with E-state index < -0.39 is 9.84 Å². The van der Waals surface area contributed by atoms with Crippen LogP contribution in [0.4, 0.5) is 11.4 Å². The van der Waals surface area contributed by atoms with Crippen LogP contribution in [-0.2, 0) is 9.84 Å². The highest BCUT2D eigenvalue weighted by Gasteiger charge is 2.34. The molecule has 7 heteroatoms. The van der Waals surface area contributed by atoms with Gasteiger partial charge in [-0.3, -0.25) is 4.79 Å². The van der Waals surface area contributed by atoms with Crippen LogP contribution in [0.5, 0.6) is 0 Å². The number of benzene rings is 1. The van der Waals surface area contributed by atoms with Crippen molar-refractivity contribution in [1.29, 1.82) is 0 Å². The minimum Gasteiger partial charge on any atom is -0.343 e. The molecule has 0 bridgehead atoms. The molecule has 2 heterocycles. The highest BCUT2D eigenvalue weighted by molar-refractivity contribution is 7.91. The van der Waals surface area contributed by atoms with Gasteiger partial charge in [-0.05, 0) is 37.6 Å². The maximum absolute atomic E-state index is 12.8. The molecule has 138 valence electrons. The Morgan fingerprint density at radius 3 is 2.42 bits per heavy atom. The van der Waals surface area contributed by atoms with Crippen LogP contribution in [0.3, 0.4) is 0 Å². The van der Waals surface area contributed by atoms with Crippen molar-refractivity contribution in [3.63, 3.8) is 0 Å².